The maximum Gasteiger partial charge on any atom is 0.254 e. The van der Waals surface area contributed by atoms with Crippen LogP contribution in [0.1, 0.15) is 16.8 Å². The minimum atomic E-state index is -0.161. The Morgan fingerprint density at radius 1 is 1.46 bits per heavy atom. The molecule has 0 saturated heterocycles. The molecule has 1 aromatic rings. The Bertz CT molecular complexity index is 265. The summed E-state index contributed by atoms with van der Waals surface area (Å²) >= 11 is 5.46. The zero-order valence-electron chi connectivity index (χ0n) is 7.03. The highest BCUT2D eigenvalue weighted by molar-refractivity contribution is 6.17. The van der Waals surface area contributed by atoms with E-state index in [0.717, 1.165) is 6.42 Å². The molecule has 1 amide bonds. The molecular formula is C8H10ClN3O. The fraction of sp³-hybridized carbons (Fsp3) is 0.375. The molecule has 1 rings (SSSR count). The maximum absolute atomic E-state index is 11.3. The minimum Gasteiger partial charge on any atom is -0.352 e. The molecule has 0 unspecified atom stereocenters. The third-order valence-electron chi connectivity index (χ3n) is 1.42. The molecule has 0 aromatic carbocycles. The van der Waals surface area contributed by atoms with E-state index < -0.39 is 0 Å². The zero-order valence-corrected chi connectivity index (χ0v) is 7.79. The van der Waals surface area contributed by atoms with E-state index in [4.69, 9.17) is 11.6 Å². The molecule has 0 bridgehead atoms. The number of amides is 1. The summed E-state index contributed by atoms with van der Waals surface area (Å²) in [4.78, 5) is 18.8. The van der Waals surface area contributed by atoms with Crippen LogP contribution in [0.5, 0.6) is 0 Å². The van der Waals surface area contributed by atoms with Gasteiger partial charge in [0.05, 0.1) is 5.56 Å². The van der Waals surface area contributed by atoms with E-state index in [0.29, 0.717) is 18.0 Å². The summed E-state index contributed by atoms with van der Waals surface area (Å²) in [5.41, 5.74) is 0.470. The van der Waals surface area contributed by atoms with Crippen LogP contribution in [-0.2, 0) is 0 Å². The standard InChI is InChI=1S/C8H10ClN3O/c9-2-1-3-12-8(13)7-4-10-6-11-5-7/h4-6H,1-3H2,(H,12,13). The predicted octanol–water partition coefficient (Wildman–Crippen LogP) is 0.835. The van der Waals surface area contributed by atoms with Crippen molar-refractivity contribution in [3.8, 4) is 0 Å². The molecular weight excluding hydrogens is 190 g/mol. The van der Waals surface area contributed by atoms with Gasteiger partial charge in [0, 0.05) is 24.8 Å². The Morgan fingerprint density at radius 3 is 2.77 bits per heavy atom. The zero-order chi connectivity index (χ0) is 9.52. The molecule has 0 saturated carbocycles. The number of carbonyl (C=O) groups is 1. The van der Waals surface area contributed by atoms with Gasteiger partial charge < -0.3 is 5.32 Å². The summed E-state index contributed by atoms with van der Waals surface area (Å²) in [6.45, 7) is 0.581. The highest BCUT2D eigenvalue weighted by Crippen LogP contribution is 1.92. The van der Waals surface area contributed by atoms with Crippen molar-refractivity contribution < 1.29 is 4.79 Å². The fourth-order valence-corrected chi connectivity index (χ4v) is 0.921. The van der Waals surface area contributed by atoms with Gasteiger partial charge in [-0.3, -0.25) is 4.79 Å². The van der Waals surface area contributed by atoms with Crippen molar-refractivity contribution >= 4 is 17.5 Å². The number of hydrogen-bond donors (Lipinski definition) is 1. The van der Waals surface area contributed by atoms with E-state index in [1.54, 1.807) is 0 Å². The van der Waals surface area contributed by atoms with Gasteiger partial charge in [0.25, 0.3) is 5.91 Å². The first-order valence-electron chi connectivity index (χ1n) is 3.94. The Kier molecular flexibility index (Phi) is 4.18. The molecule has 4 nitrogen and oxygen atoms in total. The fourth-order valence-electron chi connectivity index (χ4n) is 0.787. The molecule has 1 heterocycles. The maximum atomic E-state index is 11.3. The van der Waals surface area contributed by atoms with Crippen molar-refractivity contribution in [2.24, 2.45) is 0 Å². The van der Waals surface area contributed by atoms with Crippen LogP contribution < -0.4 is 5.32 Å². The van der Waals surface area contributed by atoms with E-state index in [2.05, 4.69) is 15.3 Å². The monoisotopic (exact) mass is 199 g/mol. The number of nitrogens with zero attached hydrogens (tertiary/aromatic N) is 2. The summed E-state index contributed by atoms with van der Waals surface area (Å²) < 4.78 is 0. The van der Waals surface area contributed by atoms with Gasteiger partial charge in [0.2, 0.25) is 0 Å². The third kappa shape index (κ3) is 3.38. The first kappa shape index (κ1) is 9.92. The number of rotatable bonds is 4. The smallest absolute Gasteiger partial charge is 0.254 e. The van der Waals surface area contributed by atoms with Crippen molar-refractivity contribution in [2.45, 2.75) is 6.42 Å². The second-order valence-electron chi connectivity index (χ2n) is 2.43. The number of hydrogen-bond acceptors (Lipinski definition) is 3. The first-order valence-corrected chi connectivity index (χ1v) is 4.47. The number of nitrogens with one attached hydrogen (secondary N) is 1. The lowest BCUT2D eigenvalue weighted by molar-refractivity contribution is 0.0953. The Morgan fingerprint density at radius 2 is 2.15 bits per heavy atom. The van der Waals surface area contributed by atoms with Crippen LogP contribution in [-0.4, -0.2) is 28.3 Å². The van der Waals surface area contributed by atoms with Crippen LogP contribution in [0, 0.1) is 0 Å². The van der Waals surface area contributed by atoms with Gasteiger partial charge in [-0.25, -0.2) is 9.97 Å². The van der Waals surface area contributed by atoms with E-state index in [9.17, 15) is 4.79 Å². The van der Waals surface area contributed by atoms with Gasteiger partial charge in [0.1, 0.15) is 6.33 Å². The van der Waals surface area contributed by atoms with Crippen molar-refractivity contribution in [3.63, 3.8) is 0 Å². The lowest BCUT2D eigenvalue weighted by atomic mass is 10.3. The van der Waals surface area contributed by atoms with Gasteiger partial charge in [-0.05, 0) is 6.42 Å². The Balaban J connectivity index is 2.40. The quantitative estimate of drug-likeness (QED) is 0.578. The van der Waals surface area contributed by atoms with Gasteiger partial charge in [-0.15, -0.1) is 11.6 Å². The second-order valence-corrected chi connectivity index (χ2v) is 2.80. The van der Waals surface area contributed by atoms with Gasteiger partial charge in [0.15, 0.2) is 0 Å². The van der Waals surface area contributed by atoms with E-state index >= 15 is 0 Å². The van der Waals surface area contributed by atoms with Gasteiger partial charge in [-0.1, -0.05) is 0 Å². The number of alkyl halides is 1. The van der Waals surface area contributed by atoms with E-state index in [-0.39, 0.29) is 5.91 Å². The number of aromatic nitrogens is 2. The molecule has 1 aromatic heterocycles. The summed E-state index contributed by atoms with van der Waals surface area (Å²) in [7, 11) is 0. The van der Waals surface area contributed by atoms with Gasteiger partial charge in [-0.2, -0.15) is 0 Å². The summed E-state index contributed by atoms with van der Waals surface area (Å²) in [6.07, 6.45) is 5.10. The Labute approximate surface area is 81.3 Å². The minimum absolute atomic E-state index is 0.161. The average molecular weight is 200 g/mol. The van der Waals surface area contributed by atoms with Crippen molar-refractivity contribution in [3.05, 3.63) is 24.3 Å². The van der Waals surface area contributed by atoms with Crippen LogP contribution in [0.25, 0.3) is 0 Å². The first-order chi connectivity index (χ1) is 6.34. The molecule has 0 spiro atoms. The highest BCUT2D eigenvalue weighted by Gasteiger charge is 2.03. The molecule has 0 aliphatic rings. The Hall–Kier alpha value is -1.16. The van der Waals surface area contributed by atoms with Crippen LogP contribution in [0.2, 0.25) is 0 Å². The van der Waals surface area contributed by atoms with Crippen molar-refractivity contribution in [1.29, 1.82) is 0 Å². The lowest BCUT2D eigenvalue weighted by Crippen LogP contribution is -2.24. The molecule has 0 aliphatic carbocycles. The van der Waals surface area contributed by atoms with Crippen LogP contribution in [0.15, 0.2) is 18.7 Å². The largest absolute Gasteiger partial charge is 0.352 e. The highest BCUT2D eigenvalue weighted by atomic mass is 35.5. The topological polar surface area (TPSA) is 54.9 Å². The third-order valence-corrected chi connectivity index (χ3v) is 1.69. The average Bonchev–Trinajstić information content (AvgIpc) is 2.19. The molecule has 0 aliphatic heterocycles. The van der Waals surface area contributed by atoms with Gasteiger partial charge >= 0.3 is 0 Å². The van der Waals surface area contributed by atoms with E-state index in [1.807, 2.05) is 0 Å². The predicted molar refractivity (Wildman–Crippen MR) is 49.7 cm³/mol. The number of halogens is 1. The molecule has 1 N–H and O–H groups in total. The SMILES string of the molecule is O=C(NCCCCl)c1cncnc1. The normalized spacial score (nSPS) is 9.62. The summed E-state index contributed by atoms with van der Waals surface area (Å²) in [5.74, 6) is 0.386. The van der Waals surface area contributed by atoms with Crippen molar-refractivity contribution in [2.75, 3.05) is 12.4 Å². The second kappa shape index (κ2) is 5.48. The molecule has 0 atom stereocenters. The molecule has 70 valence electrons. The van der Waals surface area contributed by atoms with Crippen LogP contribution >= 0.6 is 11.6 Å². The summed E-state index contributed by atoms with van der Waals surface area (Å²) in [5, 5.41) is 2.70. The molecule has 5 heteroatoms. The lowest BCUT2D eigenvalue weighted by Gasteiger charge is -2.01. The number of carbonyl (C=O) groups excluding carboxylic acids is 1. The van der Waals surface area contributed by atoms with Crippen LogP contribution in [0.3, 0.4) is 0 Å². The molecule has 13 heavy (non-hydrogen) atoms. The van der Waals surface area contributed by atoms with Crippen LogP contribution in [0.4, 0.5) is 0 Å². The van der Waals surface area contributed by atoms with Crippen molar-refractivity contribution in [1.82, 2.24) is 15.3 Å². The van der Waals surface area contributed by atoms with E-state index in [1.165, 1.54) is 18.7 Å². The molecule has 0 fully saturated rings. The summed E-state index contributed by atoms with van der Waals surface area (Å²) in [6, 6.07) is 0. The molecule has 0 radical (unpaired) electrons.